The lowest BCUT2D eigenvalue weighted by Gasteiger charge is -2.33. The Balaban J connectivity index is 1.55. The maximum Gasteiger partial charge on any atom is 0.120 e. The second-order valence-corrected chi connectivity index (χ2v) is 6.03. The van der Waals surface area contributed by atoms with Crippen LogP contribution in [0.15, 0.2) is 48.5 Å². The quantitative estimate of drug-likeness (QED) is 0.869. The molecule has 1 N–H and O–H groups in total. The summed E-state index contributed by atoms with van der Waals surface area (Å²) < 4.78 is 5.85. The number of ether oxygens (including phenoxy) is 1. The Morgan fingerprint density at radius 3 is 2.86 bits per heavy atom. The Kier molecular flexibility index (Phi) is 4.47. The van der Waals surface area contributed by atoms with E-state index in [2.05, 4.69) is 29.6 Å². The minimum absolute atomic E-state index is 0.349. The minimum atomic E-state index is 0.349. The highest BCUT2D eigenvalue weighted by Crippen LogP contribution is 2.37. The zero-order chi connectivity index (χ0) is 14.7. The largest absolute Gasteiger partial charge is 0.492 e. The van der Waals surface area contributed by atoms with Crippen molar-refractivity contribution in [3.8, 4) is 5.75 Å². The predicted molar refractivity (Wildman–Crippen MR) is 87.3 cm³/mol. The third kappa shape index (κ3) is 3.39. The summed E-state index contributed by atoms with van der Waals surface area (Å²) in [7, 11) is 2.00. The molecule has 0 aliphatic heterocycles. The van der Waals surface area contributed by atoms with Crippen molar-refractivity contribution >= 4 is 11.6 Å². The van der Waals surface area contributed by atoms with Gasteiger partial charge >= 0.3 is 0 Å². The molecule has 2 aromatic carbocycles. The molecule has 0 heterocycles. The van der Waals surface area contributed by atoms with Gasteiger partial charge in [0.1, 0.15) is 12.4 Å². The Morgan fingerprint density at radius 2 is 2.10 bits per heavy atom. The highest BCUT2D eigenvalue weighted by Gasteiger charge is 2.27. The third-order valence-electron chi connectivity index (χ3n) is 4.19. The van der Waals surface area contributed by atoms with Crippen LogP contribution in [0.1, 0.15) is 23.5 Å². The molecule has 3 heteroatoms. The summed E-state index contributed by atoms with van der Waals surface area (Å²) in [5.41, 5.74) is 2.99. The monoisotopic (exact) mass is 301 g/mol. The SMILES string of the molecule is CNC(COc1cccc(Cl)c1)CC1Cc2ccccc21. The molecule has 1 aliphatic rings. The van der Waals surface area contributed by atoms with Crippen LogP contribution in [0.4, 0.5) is 0 Å². The molecule has 2 atom stereocenters. The van der Waals surface area contributed by atoms with Crippen LogP contribution in [0, 0.1) is 0 Å². The maximum atomic E-state index is 5.97. The molecular formula is C18H20ClNO. The molecule has 2 unspecified atom stereocenters. The standard InChI is InChI=1S/C18H20ClNO/c1-20-16(12-21-17-7-4-6-15(19)11-17)10-14-9-13-5-2-3-8-18(13)14/h2-8,11,14,16,20H,9-10,12H2,1H3. The summed E-state index contributed by atoms with van der Waals surface area (Å²) in [4.78, 5) is 0. The number of halogens is 1. The summed E-state index contributed by atoms with van der Waals surface area (Å²) in [5.74, 6) is 1.48. The Morgan fingerprint density at radius 1 is 1.24 bits per heavy atom. The first-order chi connectivity index (χ1) is 10.3. The highest BCUT2D eigenvalue weighted by atomic mass is 35.5. The molecule has 2 nitrogen and oxygen atoms in total. The minimum Gasteiger partial charge on any atom is -0.492 e. The van der Waals surface area contributed by atoms with Crippen LogP contribution in [-0.2, 0) is 6.42 Å². The first-order valence-electron chi connectivity index (χ1n) is 7.39. The van der Waals surface area contributed by atoms with E-state index in [1.165, 1.54) is 17.5 Å². The average molecular weight is 302 g/mol. The third-order valence-corrected chi connectivity index (χ3v) is 4.42. The van der Waals surface area contributed by atoms with Crippen molar-refractivity contribution in [3.05, 3.63) is 64.7 Å². The van der Waals surface area contributed by atoms with Gasteiger partial charge in [-0.2, -0.15) is 0 Å². The van der Waals surface area contributed by atoms with E-state index in [1.807, 2.05) is 31.3 Å². The lowest BCUT2D eigenvalue weighted by Crippen LogP contribution is -2.35. The maximum absolute atomic E-state index is 5.97. The van der Waals surface area contributed by atoms with E-state index in [0.717, 1.165) is 12.2 Å². The molecule has 0 spiro atoms. The number of hydrogen-bond donors (Lipinski definition) is 1. The van der Waals surface area contributed by atoms with Gasteiger partial charge in [0, 0.05) is 11.1 Å². The van der Waals surface area contributed by atoms with Crippen LogP contribution < -0.4 is 10.1 Å². The van der Waals surface area contributed by atoms with E-state index < -0.39 is 0 Å². The Hall–Kier alpha value is -1.51. The van der Waals surface area contributed by atoms with Gasteiger partial charge in [-0.3, -0.25) is 0 Å². The topological polar surface area (TPSA) is 21.3 Å². The summed E-state index contributed by atoms with van der Waals surface area (Å²) in [6, 6.07) is 16.6. The number of fused-ring (bicyclic) bond motifs is 1. The fourth-order valence-electron chi connectivity index (χ4n) is 2.94. The Bertz CT molecular complexity index is 614. The number of hydrogen-bond acceptors (Lipinski definition) is 2. The van der Waals surface area contributed by atoms with E-state index >= 15 is 0 Å². The van der Waals surface area contributed by atoms with Crippen LogP contribution in [0.3, 0.4) is 0 Å². The van der Waals surface area contributed by atoms with Crippen LogP contribution >= 0.6 is 11.6 Å². The summed E-state index contributed by atoms with van der Waals surface area (Å²) in [5, 5.41) is 4.07. The summed E-state index contributed by atoms with van der Waals surface area (Å²) in [6.07, 6.45) is 2.29. The molecule has 21 heavy (non-hydrogen) atoms. The van der Waals surface area contributed by atoms with Gasteiger partial charge in [-0.1, -0.05) is 41.9 Å². The van der Waals surface area contributed by atoms with E-state index in [1.54, 1.807) is 0 Å². The highest BCUT2D eigenvalue weighted by molar-refractivity contribution is 6.30. The fourth-order valence-corrected chi connectivity index (χ4v) is 3.12. The van der Waals surface area contributed by atoms with Crippen molar-refractivity contribution in [3.63, 3.8) is 0 Å². The van der Waals surface area contributed by atoms with Crippen LogP contribution in [-0.4, -0.2) is 19.7 Å². The smallest absolute Gasteiger partial charge is 0.120 e. The van der Waals surface area contributed by atoms with Gasteiger partial charge in [0.2, 0.25) is 0 Å². The molecule has 0 fully saturated rings. The number of rotatable bonds is 6. The Labute approximate surface area is 131 Å². The normalized spacial score (nSPS) is 17.7. The van der Waals surface area contributed by atoms with Crippen molar-refractivity contribution in [2.24, 2.45) is 0 Å². The second-order valence-electron chi connectivity index (χ2n) is 5.59. The van der Waals surface area contributed by atoms with Crippen molar-refractivity contribution < 1.29 is 4.74 Å². The first-order valence-corrected chi connectivity index (χ1v) is 7.77. The molecule has 0 radical (unpaired) electrons. The van der Waals surface area contributed by atoms with Gasteiger partial charge in [0.25, 0.3) is 0 Å². The van der Waals surface area contributed by atoms with E-state index in [4.69, 9.17) is 16.3 Å². The fraction of sp³-hybridized carbons (Fsp3) is 0.333. The zero-order valence-corrected chi connectivity index (χ0v) is 12.9. The lowest BCUT2D eigenvalue weighted by molar-refractivity contribution is 0.253. The van der Waals surface area contributed by atoms with Crippen molar-refractivity contribution in [2.75, 3.05) is 13.7 Å². The number of likely N-dealkylation sites (N-methyl/N-ethyl adjacent to an activating group) is 1. The van der Waals surface area contributed by atoms with E-state index in [0.29, 0.717) is 23.6 Å². The van der Waals surface area contributed by atoms with Gasteiger partial charge < -0.3 is 10.1 Å². The van der Waals surface area contributed by atoms with Gasteiger partial charge in [0.15, 0.2) is 0 Å². The molecule has 0 saturated carbocycles. The predicted octanol–water partition coefficient (Wildman–Crippen LogP) is 4.04. The van der Waals surface area contributed by atoms with Crippen molar-refractivity contribution in [1.29, 1.82) is 0 Å². The molecule has 0 saturated heterocycles. The zero-order valence-electron chi connectivity index (χ0n) is 12.2. The molecular weight excluding hydrogens is 282 g/mol. The molecule has 1 aliphatic carbocycles. The van der Waals surface area contributed by atoms with Crippen molar-refractivity contribution in [2.45, 2.75) is 24.8 Å². The molecule has 0 amide bonds. The molecule has 0 aromatic heterocycles. The lowest BCUT2D eigenvalue weighted by atomic mass is 9.74. The van der Waals surface area contributed by atoms with Crippen LogP contribution in [0.2, 0.25) is 5.02 Å². The number of benzene rings is 2. The van der Waals surface area contributed by atoms with Gasteiger partial charge in [-0.05, 0) is 55.1 Å². The van der Waals surface area contributed by atoms with Gasteiger partial charge in [0.05, 0.1) is 0 Å². The molecule has 110 valence electrons. The average Bonchev–Trinajstić information content (AvgIpc) is 2.48. The van der Waals surface area contributed by atoms with Crippen LogP contribution in [0.5, 0.6) is 5.75 Å². The summed E-state index contributed by atoms with van der Waals surface area (Å²) >= 11 is 5.97. The molecule has 3 rings (SSSR count). The van der Waals surface area contributed by atoms with Crippen LogP contribution in [0.25, 0.3) is 0 Å². The second kappa shape index (κ2) is 6.50. The first kappa shape index (κ1) is 14.4. The van der Waals surface area contributed by atoms with Gasteiger partial charge in [-0.25, -0.2) is 0 Å². The van der Waals surface area contributed by atoms with E-state index in [-0.39, 0.29) is 0 Å². The summed E-state index contributed by atoms with van der Waals surface area (Å²) in [6.45, 7) is 0.662. The van der Waals surface area contributed by atoms with Gasteiger partial charge in [-0.15, -0.1) is 0 Å². The number of nitrogens with one attached hydrogen (secondary N) is 1. The van der Waals surface area contributed by atoms with Crippen molar-refractivity contribution in [1.82, 2.24) is 5.32 Å². The molecule has 2 aromatic rings. The van der Waals surface area contributed by atoms with E-state index in [9.17, 15) is 0 Å². The molecule has 0 bridgehead atoms.